The minimum atomic E-state index is -0.212. The van der Waals surface area contributed by atoms with Gasteiger partial charge in [-0.15, -0.1) is 0 Å². The number of aromatic nitrogens is 1. The van der Waals surface area contributed by atoms with Crippen LogP contribution in [0.15, 0.2) is 53.7 Å². The number of halogens is 1. The van der Waals surface area contributed by atoms with Crippen molar-refractivity contribution in [2.45, 2.75) is 13.5 Å². The van der Waals surface area contributed by atoms with Crippen LogP contribution in [-0.4, -0.2) is 10.8 Å². The van der Waals surface area contributed by atoms with E-state index in [0.29, 0.717) is 11.9 Å². The quantitative estimate of drug-likeness (QED) is 0.734. The van der Waals surface area contributed by atoms with Gasteiger partial charge < -0.3 is 5.32 Å². The van der Waals surface area contributed by atoms with Gasteiger partial charge in [-0.2, -0.15) is 0 Å². The summed E-state index contributed by atoms with van der Waals surface area (Å²) in [6.07, 6.45) is 1.75. The van der Waals surface area contributed by atoms with Crippen LogP contribution in [0.4, 0.5) is 10.1 Å². The summed E-state index contributed by atoms with van der Waals surface area (Å²) < 4.78 is 14.0. The molecule has 1 aliphatic heterocycles. The standard InChI is InChI=1S/C18H14FN3/c1-11-4-7-16(19)15-9-13(5-6-14(11)15)22-18-17-12(10-21-18)3-2-8-20-17/h2-9H,10H2,1H3,(H,21,22). The van der Waals surface area contributed by atoms with Crippen molar-refractivity contribution in [2.75, 3.05) is 5.32 Å². The maximum Gasteiger partial charge on any atom is 0.152 e. The van der Waals surface area contributed by atoms with Gasteiger partial charge in [-0.05, 0) is 42.1 Å². The van der Waals surface area contributed by atoms with E-state index < -0.39 is 0 Å². The van der Waals surface area contributed by atoms with Crippen LogP contribution in [0.3, 0.4) is 0 Å². The number of aryl methyl sites for hydroxylation is 1. The van der Waals surface area contributed by atoms with Gasteiger partial charge in [0, 0.05) is 22.8 Å². The van der Waals surface area contributed by atoms with Crippen molar-refractivity contribution < 1.29 is 4.39 Å². The van der Waals surface area contributed by atoms with Crippen LogP contribution in [0.5, 0.6) is 0 Å². The van der Waals surface area contributed by atoms with Crippen LogP contribution in [-0.2, 0) is 6.54 Å². The summed E-state index contributed by atoms with van der Waals surface area (Å²) in [7, 11) is 0. The Morgan fingerprint density at radius 1 is 1.09 bits per heavy atom. The molecule has 4 heteroatoms. The van der Waals surface area contributed by atoms with Crippen molar-refractivity contribution in [3.63, 3.8) is 0 Å². The van der Waals surface area contributed by atoms with Gasteiger partial charge in [0.05, 0.1) is 6.54 Å². The molecule has 0 radical (unpaired) electrons. The Morgan fingerprint density at radius 3 is 2.91 bits per heavy atom. The van der Waals surface area contributed by atoms with Crippen molar-refractivity contribution in [2.24, 2.45) is 4.99 Å². The highest BCUT2D eigenvalue weighted by molar-refractivity contribution is 6.10. The second-order valence-corrected chi connectivity index (χ2v) is 5.43. The van der Waals surface area contributed by atoms with Crippen LogP contribution in [0, 0.1) is 12.7 Å². The Kier molecular flexibility index (Phi) is 2.89. The highest BCUT2D eigenvalue weighted by atomic mass is 19.1. The van der Waals surface area contributed by atoms with Crippen LogP contribution in [0.2, 0.25) is 0 Å². The largest absolute Gasteiger partial charge is 0.339 e. The zero-order valence-corrected chi connectivity index (χ0v) is 12.1. The van der Waals surface area contributed by atoms with Gasteiger partial charge in [0.1, 0.15) is 11.5 Å². The van der Waals surface area contributed by atoms with Gasteiger partial charge in [0.25, 0.3) is 0 Å². The molecule has 0 spiro atoms. The Morgan fingerprint density at radius 2 is 2.00 bits per heavy atom. The maximum absolute atomic E-state index is 14.0. The molecular formula is C18H14FN3. The van der Waals surface area contributed by atoms with Crippen LogP contribution in [0.25, 0.3) is 10.8 Å². The minimum Gasteiger partial charge on any atom is -0.339 e. The first-order valence-corrected chi connectivity index (χ1v) is 7.17. The molecule has 0 bridgehead atoms. The first-order valence-electron chi connectivity index (χ1n) is 7.17. The van der Waals surface area contributed by atoms with Crippen LogP contribution < -0.4 is 5.32 Å². The van der Waals surface area contributed by atoms with Crippen molar-refractivity contribution in [1.82, 2.24) is 4.98 Å². The number of pyridine rings is 1. The van der Waals surface area contributed by atoms with E-state index in [2.05, 4.69) is 15.3 Å². The minimum absolute atomic E-state index is 0.212. The second-order valence-electron chi connectivity index (χ2n) is 5.43. The number of amidine groups is 1. The number of fused-ring (bicyclic) bond motifs is 2. The van der Waals surface area contributed by atoms with Gasteiger partial charge in [0.15, 0.2) is 5.84 Å². The molecule has 0 aliphatic carbocycles. The third-order valence-electron chi connectivity index (χ3n) is 3.97. The predicted octanol–water partition coefficient (Wildman–Crippen LogP) is 4.05. The molecule has 2 heterocycles. The first kappa shape index (κ1) is 13.0. The van der Waals surface area contributed by atoms with E-state index in [9.17, 15) is 4.39 Å². The predicted molar refractivity (Wildman–Crippen MR) is 86.7 cm³/mol. The lowest BCUT2D eigenvalue weighted by Crippen LogP contribution is -2.13. The fourth-order valence-electron chi connectivity index (χ4n) is 2.80. The van der Waals surface area contributed by atoms with Gasteiger partial charge in [-0.25, -0.2) is 4.39 Å². The summed E-state index contributed by atoms with van der Waals surface area (Å²) >= 11 is 0. The van der Waals surface area contributed by atoms with Gasteiger partial charge in [-0.1, -0.05) is 18.2 Å². The summed E-state index contributed by atoms with van der Waals surface area (Å²) in [4.78, 5) is 8.83. The molecule has 1 N–H and O–H groups in total. The number of nitrogens with zero attached hydrogens (tertiary/aromatic N) is 2. The number of nitrogens with one attached hydrogen (secondary N) is 1. The van der Waals surface area contributed by atoms with Crippen LogP contribution in [0.1, 0.15) is 16.8 Å². The number of aliphatic imine (C=N–C) groups is 1. The Hall–Kier alpha value is -2.75. The second kappa shape index (κ2) is 4.91. The Bertz CT molecular complexity index is 915. The summed E-state index contributed by atoms with van der Waals surface area (Å²) in [5.41, 5.74) is 3.85. The van der Waals surface area contributed by atoms with E-state index in [-0.39, 0.29) is 5.82 Å². The van der Waals surface area contributed by atoms with Gasteiger partial charge in [-0.3, -0.25) is 9.98 Å². The zero-order chi connectivity index (χ0) is 15.1. The monoisotopic (exact) mass is 291 g/mol. The topological polar surface area (TPSA) is 37.3 Å². The average molecular weight is 291 g/mol. The molecule has 4 rings (SSSR count). The molecule has 0 unspecified atom stereocenters. The molecule has 0 atom stereocenters. The first-order chi connectivity index (χ1) is 10.7. The van der Waals surface area contributed by atoms with Crippen molar-refractivity contribution in [3.05, 3.63) is 71.3 Å². The van der Waals surface area contributed by atoms with Crippen molar-refractivity contribution >= 4 is 22.3 Å². The molecule has 3 nitrogen and oxygen atoms in total. The van der Waals surface area contributed by atoms with Crippen LogP contribution >= 0.6 is 0 Å². The van der Waals surface area contributed by atoms with E-state index in [1.165, 1.54) is 6.07 Å². The third kappa shape index (κ3) is 2.04. The van der Waals surface area contributed by atoms with E-state index in [4.69, 9.17) is 0 Å². The molecule has 1 aromatic heterocycles. The summed E-state index contributed by atoms with van der Waals surface area (Å²) in [5, 5.41) is 4.80. The molecule has 0 fully saturated rings. The van der Waals surface area contributed by atoms with Crippen molar-refractivity contribution in [1.29, 1.82) is 0 Å². The lowest BCUT2D eigenvalue weighted by Gasteiger charge is -2.09. The average Bonchev–Trinajstić information content (AvgIpc) is 2.94. The number of rotatable bonds is 1. The fraction of sp³-hybridized carbons (Fsp3) is 0.111. The number of hydrogen-bond donors (Lipinski definition) is 1. The molecule has 0 saturated carbocycles. The molecule has 3 aromatic rings. The number of anilines is 1. The lowest BCUT2D eigenvalue weighted by atomic mass is 10.0. The summed E-state index contributed by atoms with van der Waals surface area (Å²) in [6.45, 7) is 2.61. The molecule has 2 aromatic carbocycles. The molecule has 108 valence electrons. The smallest absolute Gasteiger partial charge is 0.152 e. The third-order valence-corrected chi connectivity index (χ3v) is 3.97. The summed E-state index contributed by atoms with van der Waals surface area (Å²) in [5.74, 6) is 0.527. The zero-order valence-electron chi connectivity index (χ0n) is 12.1. The number of benzene rings is 2. The van der Waals surface area contributed by atoms with E-state index >= 15 is 0 Å². The highest BCUT2D eigenvalue weighted by Crippen LogP contribution is 2.26. The Balaban J connectivity index is 1.73. The highest BCUT2D eigenvalue weighted by Gasteiger charge is 2.17. The molecule has 0 saturated heterocycles. The SMILES string of the molecule is Cc1ccc(F)c2cc(NC3=NCc4cccnc43)ccc12. The van der Waals surface area contributed by atoms with Gasteiger partial charge in [0.2, 0.25) is 0 Å². The maximum atomic E-state index is 14.0. The van der Waals surface area contributed by atoms with Crippen molar-refractivity contribution in [3.8, 4) is 0 Å². The molecule has 1 aliphatic rings. The van der Waals surface area contributed by atoms with Gasteiger partial charge >= 0.3 is 0 Å². The molecular weight excluding hydrogens is 277 g/mol. The molecule has 22 heavy (non-hydrogen) atoms. The summed E-state index contributed by atoms with van der Waals surface area (Å²) in [6, 6.07) is 12.9. The number of hydrogen-bond acceptors (Lipinski definition) is 3. The fourth-order valence-corrected chi connectivity index (χ4v) is 2.80. The van der Waals surface area contributed by atoms with E-state index in [1.807, 2.05) is 37.3 Å². The molecule has 0 amide bonds. The lowest BCUT2D eigenvalue weighted by molar-refractivity contribution is 0.639. The Labute approximate surface area is 127 Å². The van der Waals surface area contributed by atoms with E-state index in [1.54, 1.807) is 12.3 Å². The van der Waals surface area contributed by atoms with E-state index in [0.717, 1.165) is 33.7 Å². The normalized spacial score (nSPS) is 13.1.